The largest absolute Gasteiger partial charge is 0.457 e. The molecule has 4 heteroatoms. The zero-order valence-corrected chi connectivity index (χ0v) is 9.79. The van der Waals surface area contributed by atoms with Crippen molar-refractivity contribution in [1.29, 1.82) is 0 Å². The number of ether oxygens (including phenoxy) is 1. The number of nitrogen functional groups attached to an aromatic ring is 1. The second kappa shape index (κ2) is 4.64. The van der Waals surface area contributed by atoms with Gasteiger partial charge < -0.3 is 10.5 Å². The molecule has 0 amide bonds. The van der Waals surface area contributed by atoms with Crippen LogP contribution >= 0.6 is 23.2 Å². The highest BCUT2D eigenvalue weighted by molar-refractivity contribution is 6.31. The summed E-state index contributed by atoms with van der Waals surface area (Å²) in [5, 5.41) is 1.21. The van der Waals surface area contributed by atoms with Gasteiger partial charge >= 0.3 is 0 Å². The monoisotopic (exact) mass is 253 g/mol. The van der Waals surface area contributed by atoms with Gasteiger partial charge in [0.05, 0.1) is 0 Å². The lowest BCUT2D eigenvalue weighted by atomic mass is 10.3. The van der Waals surface area contributed by atoms with E-state index in [0.717, 1.165) is 0 Å². The van der Waals surface area contributed by atoms with Gasteiger partial charge in [-0.05, 0) is 36.4 Å². The van der Waals surface area contributed by atoms with Gasteiger partial charge in [-0.2, -0.15) is 0 Å². The third-order valence-electron chi connectivity index (χ3n) is 1.94. The first-order chi connectivity index (χ1) is 7.63. The molecule has 82 valence electrons. The van der Waals surface area contributed by atoms with Crippen LogP contribution in [-0.2, 0) is 0 Å². The first-order valence-corrected chi connectivity index (χ1v) is 5.38. The molecule has 0 aliphatic rings. The smallest absolute Gasteiger partial charge is 0.130 e. The Morgan fingerprint density at radius 3 is 2.12 bits per heavy atom. The summed E-state index contributed by atoms with van der Waals surface area (Å²) in [6, 6.07) is 12.1. The van der Waals surface area contributed by atoms with Crippen molar-refractivity contribution in [1.82, 2.24) is 0 Å². The highest BCUT2D eigenvalue weighted by atomic mass is 35.5. The van der Waals surface area contributed by atoms with Gasteiger partial charge in [0.2, 0.25) is 0 Å². The Balaban J connectivity index is 2.23. The zero-order valence-electron chi connectivity index (χ0n) is 8.28. The molecule has 2 aromatic rings. The molecule has 0 atom stereocenters. The first-order valence-electron chi connectivity index (χ1n) is 4.63. The van der Waals surface area contributed by atoms with E-state index in [1.165, 1.54) is 0 Å². The maximum Gasteiger partial charge on any atom is 0.130 e. The van der Waals surface area contributed by atoms with Crippen LogP contribution in [0.25, 0.3) is 0 Å². The minimum atomic E-state index is 0.545. The maximum atomic E-state index is 5.86. The van der Waals surface area contributed by atoms with Crippen molar-refractivity contribution >= 4 is 28.9 Å². The molecule has 0 aliphatic carbocycles. The minimum absolute atomic E-state index is 0.545. The van der Waals surface area contributed by atoms with E-state index in [2.05, 4.69) is 0 Å². The van der Waals surface area contributed by atoms with Crippen molar-refractivity contribution in [3.8, 4) is 11.5 Å². The number of anilines is 1. The van der Waals surface area contributed by atoms with Crippen molar-refractivity contribution in [3.63, 3.8) is 0 Å². The highest BCUT2D eigenvalue weighted by Gasteiger charge is 2.00. The Bertz CT molecular complexity index is 477. The summed E-state index contributed by atoms with van der Waals surface area (Å²) in [6.07, 6.45) is 0. The van der Waals surface area contributed by atoms with Crippen molar-refractivity contribution < 1.29 is 4.74 Å². The lowest BCUT2D eigenvalue weighted by molar-refractivity contribution is 0.483. The van der Waals surface area contributed by atoms with Crippen LogP contribution in [0.4, 0.5) is 5.69 Å². The molecule has 2 rings (SSSR count). The normalized spacial score (nSPS) is 10.1. The Hall–Kier alpha value is -1.38. The SMILES string of the molecule is Nc1cc(Cl)cc(Oc2ccc(Cl)cc2)c1. The van der Waals surface area contributed by atoms with Gasteiger partial charge in [0.25, 0.3) is 0 Å². The van der Waals surface area contributed by atoms with E-state index < -0.39 is 0 Å². The molecular formula is C12H9Cl2NO. The molecule has 16 heavy (non-hydrogen) atoms. The highest BCUT2D eigenvalue weighted by Crippen LogP contribution is 2.27. The van der Waals surface area contributed by atoms with Gasteiger partial charge in [-0.1, -0.05) is 23.2 Å². The summed E-state index contributed by atoms with van der Waals surface area (Å²) in [4.78, 5) is 0. The summed E-state index contributed by atoms with van der Waals surface area (Å²) in [6.45, 7) is 0. The molecule has 0 aromatic heterocycles. The van der Waals surface area contributed by atoms with Gasteiger partial charge in [0, 0.05) is 21.8 Å². The van der Waals surface area contributed by atoms with Gasteiger partial charge in [-0.3, -0.25) is 0 Å². The van der Waals surface area contributed by atoms with E-state index in [1.807, 2.05) is 0 Å². The maximum absolute atomic E-state index is 5.86. The lowest BCUT2D eigenvalue weighted by Crippen LogP contribution is -1.88. The van der Waals surface area contributed by atoms with Crippen LogP contribution in [0.3, 0.4) is 0 Å². The Morgan fingerprint density at radius 1 is 0.812 bits per heavy atom. The molecule has 0 spiro atoms. The number of hydrogen-bond donors (Lipinski definition) is 1. The molecule has 0 saturated heterocycles. The molecule has 0 heterocycles. The fourth-order valence-corrected chi connectivity index (χ4v) is 1.64. The van der Waals surface area contributed by atoms with Crippen LogP contribution in [0.5, 0.6) is 11.5 Å². The minimum Gasteiger partial charge on any atom is -0.457 e. The summed E-state index contributed by atoms with van der Waals surface area (Å²) >= 11 is 11.6. The molecule has 0 fully saturated rings. The quantitative estimate of drug-likeness (QED) is 0.807. The van der Waals surface area contributed by atoms with Crippen LogP contribution < -0.4 is 10.5 Å². The second-order valence-corrected chi connectivity index (χ2v) is 4.15. The number of nitrogens with two attached hydrogens (primary N) is 1. The molecule has 2 nitrogen and oxygen atoms in total. The van der Waals surface area contributed by atoms with Crippen LogP contribution in [0.1, 0.15) is 0 Å². The Labute approximate surface area is 104 Å². The third-order valence-corrected chi connectivity index (χ3v) is 2.41. The molecule has 2 N–H and O–H groups in total. The zero-order chi connectivity index (χ0) is 11.5. The van der Waals surface area contributed by atoms with Crippen molar-refractivity contribution in [2.75, 3.05) is 5.73 Å². The molecule has 0 aliphatic heterocycles. The average Bonchev–Trinajstić information content (AvgIpc) is 2.20. The van der Waals surface area contributed by atoms with Gasteiger partial charge in [-0.15, -0.1) is 0 Å². The fourth-order valence-electron chi connectivity index (χ4n) is 1.28. The molecule has 2 aromatic carbocycles. The van der Waals surface area contributed by atoms with Crippen LogP contribution in [-0.4, -0.2) is 0 Å². The van der Waals surface area contributed by atoms with E-state index >= 15 is 0 Å². The van der Waals surface area contributed by atoms with Crippen molar-refractivity contribution in [2.45, 2.75) is 0 Å². The topological polar surface area (TPSA) is 35.2 Å². The molecule has 0 bridgehead atoms. The fraction of sp³-hybridized carbons (Fsp3) is 0. The van der Waals surface area contributed by atoms with Gasteiger partial charge in [0.15, 0.2) is 0 Å². The van der Waals surface area contributed by atoms with Crippen LogP contribution in [0.15, 0.2) is 42.5 Å². The van der Waals surface area contributed by atoms with E-state index in [9.17, 15) is 0 Å². The van der Waals surface area contributed by atoms with Crippen molar-refractivity contribution in [2.24, 2.45) is 0 Å². The van der Waals surface area contributed by atoms with Crippen molar-refractivity contribution in [3.05, 3.63) is 52.5 Å². The Kier molecular flexibility index (Phi) is 3.22. The number of halogens is 2. The summed E-state index contributed by atoms with van der Waals surface area (Å²) in [7, 11) is 0. The average molecular weight is 254 g/mol. The predicted octanol–water partition coefficient (Wildman–Crippen LogP) is 4.37. The molecule has 0 unspecified atom stereocenters. The third kappa shape index (κ3) is 2.81. The molecule has 0 radical (unpaired) electrons. The van der Waals surface area contributed by atoms with Gasteiger partial charge in [0.1, 0.15) is 11.5 Å². The number of benzene rings is 2. The van der Waals surface area contributed by atoms with E-state index in [0.29, 0.717) is 27.2 Å². The van der Waals surface area contributed by atoms with E-state index in [-0.39, 0.29) is 0 Å². The standard InChI is InChI=1S/C12H9Cl2NO/c13-8-1-3-11(4-2-8)16-12-6-9(14)5-10(15)7-12/h1-7H,15H2. The number of hydrogen-bond acceptors (Lipinski definition) is 2. The van der Waals surface area contributed by atoms with Gasteiger partial charge in [-0.25, -0.2) is 0 Å². The van der Waals surface area contributed by atoms with E-state index in [4.69, 9.17) is 33.7 Å². The predicted molar refractivity (Wildman–Crippen MR) is 67.4 cm³/mol. The van der Waals surface area contributed by atoms with E-state index in [1.54, 1.807) is 42.5 Å². The van der Waals surface area contributed by atoms with Crippen LogP contribution in [0, 0.1) is 0 Å². The molecular weight excluding hydrogens is 245 g/mol. The first kappa shape index (κ1) is 11.1. The number of rotatable bonds is 2. The molecule has 0 saturated carbocycles. The van der Waals surface area contributed by atoms with Crippen LogP contribution in [0.2, 0.25) is 10.0 Å². The summed E-state index contributed by atoms with van der Waals surface area (Å²) < 4.78 is 5.57. The summed E-state index contributed by atoms with van der Waals surface area (Å²) in [5.41, 5.74) is 6.22. The lowest BCUT2D eigenvalue weighted by Gasteiger charge is -2.06. The summed E-state index contributed by atoms with van der Waals surface area (Å²) in [5.74, 6) is 1.29. The Morgan fingerprint density at radius 2 is 1.50 bits per heavy atom. The second-order valence-electron chi connectivity index (χ2n) is 3.28.